The molecule has 0 atom stereocenters. The number of nitrogens with zero attached hydrogens (tertiary/aromatic N) is 1. The molecule has 1 aliphatic rings. The van der Waals surface area contributed by atoms with Crippen molar-refractivity contribution in [3.8, 4) is 11.5 Å². The van der Waals surface area contributed by atoms with Gasteiger partial charge in [0.05, 0.1) is 0 Å². The van der Waals surface area contributed by atoms with Crippen molar-refractivity contribution < 1.29 is 9.21 Å². The average Bonchev–Trinajstić information content (AvgIpc) is 2.93. The number of hydrogen-bond donors (Lipinski definition) is 1. The van der Waals surface area contributed by atoms with E-state index in [2.05, 4.69) is 10.3 Å². The van der Waals surface area contributed by atoms with Crippen LogP contribution in [0.5, 0.6) is 0 Å². The third-order valence-electron chi connectivity index (χ3n) is 4.47. The quantitative estimate of drug-likeness (QED) is 0.908. The number of carbonyl (C=O) groups excluding carboxylic acids is 1. The summed E-state index contributed by atoms with van der Waals surface area (Å²) in [7, 11) is 0. The fourth-order valence-corrected chi connectivity index (χ4v) is 3.17. The maximum atomic E-state index is 12.5. The van der Waals surface area contributed by atoms with Crippen molar-refractivity contribution in [2.24, 2.45) is 0 Å². The van der Waals surface area contributed by atoms with Crippen LogP contribution in [0.3, 0.4) is 0 Å². The lowest BCUT2D eigenvalue weighted by Gasteiger charge is -2.20. The Morgan fingerprint density at radius 2 is 1.74 bits per heavy atom. The van der Waals surface area contributed by atoms with Crippen LogP contribution in [0.15, 0.2) is 34.7 Å². The van der Waals surface area contributed by atoms with Gasteiger partial charge in [-0.05, 0) is 31.9 Å². The lowest BCUT2D eigenvalue weighted by Crippen LogP contribution is -2.35. The lowest BCUT2D eigenvalue weighted by molar-refractivity contribution is 0.0924. The largest absolute Gasteiger partial charge is 0.441 e. The van der Waals surface area contributed by atoms with Crippen LogP contribution in [0.4, 0.5) is 0 Å². The molecule has 3 rings (SSSR count). The minimum absolute atomic E-state index is 0.112. The molecule has 0 unspecified atom stereocenters. The molecule has 23 heavy (non-hydrogen) atoms. The van der Waals surface area contributed by atoms with E-state index in [1.165, 1.54) is 32.1 Å². The number of nitrogens with one attached hydrogen (secondary N) is 1. The first kappa shape index (κ1) is 15.8. The van der Waals surface area contributed by atoms with E-state index in [0.29, 0.717) is 17.3 Å². The zero-order valence-corrected chi connectivity index (χ0v) is 13.7. The van der Waals surface area contributed by atoms with Crippen LogP contribution in [0.25, 0.3) is 11.5 Å². The van der Waals surface area contributed by atoms with E-state index < -0.39 is 0 Å². The molecule has 1 N–H and O–H groups in total. The molecule has 0 spiro atoms. The molecule has 2 aromatic rings. The summed E-state index contributed by atoms with van der Waals surface area (Å²) >= 11 is 0. The average molecular weight is 312 g/mol. The van der Waals surface area contributed by atoms with E-state index >= 15 is 0 Å². The van der Waals surface area contributed by atoms with Crippen molar-refractivity contribution >= 4 is 5.91 Å². The Kier molecular flexibility index (Phi) is 5.11. The summed E-state index contributed by atoms with van der Waals surface area (Å²) in [5.74, 6) is 0.970. The van der Waals surface area contributed by atoms with Gasteiger partial charge >= 0.3 is 0 Å². The van der Waals surface area contributed by atoms with Gasteiger partial charge in [-0.3, -0.25) is 4.79 Å². The number of rotatable bonds is 3. The second kappa shape index (κ2) is 7.44. The number of carbonyl (C=O) groups is 1. The molecular weight excluding hydrogens is 288 g/mol. The van der Waals surface area contributed by atoms with Gasteiger partial charge in [-0.1, -0.05) is 50.3 Å². The summed E-state index contributed by atoms with van der Waals surface area (Å²) in [6.07, 6.45) is 8.38. The molecule has 1 heterocycles. The normalized spacial score (nSPS) is 16.6. The minimum Gasteiger partial charge on any atom is -0.441 e. The number of aryl methyl sites for hydroxylation is 1. The molecule has 4 nitrogen and oxygen atoms in total. The molecule has 0 bridgehead atoms. The van der Waals surface area contributed by atoms with Crippen molar-refractivity contribution in [1.82, 2.24) is 10.3 Å². The molecule has 4 heteroatoms. The molecule has 0 saturated heterocycles. The predicted octanol–water partition coefficient (Wildman–Crippen LogP) is 4.49. The highest BCUT2D eigenvalue weighted by atomic mass is 16.4. The summed E-state index contributed by atoms with van der Waals surface area (Å²) in [6, 6.07) is 9.94. The van der Waals surface area contributed by atoms with Gasteiger partial charge in [0.15, 0.2) is 5.69 Å². The van der Waals surface area contributed by atoms with E-state index in [1.54, 1.807) is 6.92 Å². The first-order valence-electron chi connectivity index (χ1n) is 8.58. The Labute approximate surface area is 137 Å². The first-order chi connectivity index (χ1) is 11.2. The number of hydrogen-bond acceptors (Lipinski definition) is 3. The van der Waals surface area contributed by atoms with Gasteiger partial charge in [0.2, 0.25) is 5.89 Å². The Morgan fingerprint density at radius 1 is 1.09 bits per heavy atom. The predicted molar refractivity (Wildman–Crippen MR) is 90.2 cm³/mol. The summed E-state index contributed by atoms with van der Waals surface area (Å²) in [6.45, 7) is 1.80. The molecule has 122 valence electrons. The second-order valence-electron chi connectivity index (χ2n) is 6.31. The van der Waals surface area contributed by atoms with Crippen LogP contribution in [0.2, 0.25) is 0 Å². The third kappa shape index (κ3) is 4.01. The van der Waals surface area contributed by atoms with Crippen molar-refractivity contribution in [2.75, 3.05) is 0 Å². The molecule has 0 aliphatic heterocycles. The van der Waals surface area contributed by atoms with Crippen LogP contribution >= 0.6 is 0 Å². The zero-order valence-electron chi connectivity index (χ0n) is 13.7. The zero-order chi connectivity index (χ0) is 16.1. The molecular formula is C19H24N2O2. The maximum absolute atomic E-state index is 12.5. The van der Waals surface area contributed by atoms with Gasteiger partial charge in [-0.15, -0.1) is 0 Å². The van der Waals surface area contributed by atoms with Crippen LogP contribution in [0.1, 0.15) is 61.2 Å². The minimum atomic E-state index is -0.112. The van der Waals surface area contributed by atoms with Crippen LogP contribution in [-0.2, 0) is 0 Å². The third-order valence-corrected chi connectivity index (χ3v) is 4.47. The lowest BCUT2D eigenvalue weighted by atomic mass is 9.96. The molecule has 1 aliphatic carbocycles. The molecule has 1 fully saturated rings. The van der Waals surface area contributed by atoms with Crippen molar-refractivity contribution in [3.63, 3.8) is 0 Å². The van der Waals surface area contributed by atoms with E-state index in [-0.39, 0.29) is 11.9 Å². The summed E-state index contributed by atoms with van der Waals surface area (Å²) in [5.41, 5.74) is 1.30. The van der Waals surface area contributed by atoms with Gasteiger partial charge in [-0.25, -0.2) is 4.98 Å². The van der Waals surface area contributed by atoms with Gasteiger partial charge in [0.1, 0.15) is 5.76 Å². The van der Waals surface area contributed by atoms with E-state index in [1.807, 2.05) is 30.3 Å². The first-order valence-corrected chi connectivity index (χ1v) is 8.58. The number of amides is 1. The summed E-state index contributed by atoms with van der Waals surface area (Å²) in [5, 5.41) is 3.15. The smallest absolute Gasteiger partial charge is 0.273 e. The van der Waals surface area contributed by atoms with Crippen molar-refractivity contribution in [1.29, 1.82) is 0 Å². The van der Waals surface area contributed by atoms with Crippen LogP contribution in [0, 0.1) is 6.92 Å². The van der Waals surface area contributed by atoms with E-state index in [4.69, 9.17) is 4.42 Å². The maximum Gasteiger partial charge on any atom is 0.273 e. The van der Waals surface area contributed by atoms with Gasteiger partial charge < -0.3 is 9.73 Å². The molecule has 1 aromatic heterocycles. The van der Waals surface area contributed by atoms with Gasteiger partial charge in [0, 0.05) is 11.6 Å². The standard InChI is InChI=1S/C19H24N2O2/c1-14-17(21-19(23-14)15-10-6-5-7-11-15)18(22)20-16-12-8-3-2-4-9-13-16/h5-7,10-11,16H,2-4,8-9,12-13H2,1H3,(H,20,22). The highest BCUT2D eigenvalue weighted by Crippen LogP contribution is 2.22. The fourth-order valence-electron chi connectivity index (χ4n) is 3.17. The molecule has 1 aromatic carbocycles. The molecule has 1 amide bonds. The number of aromatic nitrogens is 1. The Hall–Kier alpha value is -2.10. The number of oxazole rings is 1. The Bertz CT molecular complexity index is 641. The molecule has 1 saturated carbocycles. The highest BCUT2D eigenvalue weighted by Gasteiger charge is 2.21. The van der Waals surface area contributed by atoms with Gasteiger partial charge in [0.25, 0.3) is 5.91 Å². The van der Waals surface area contributed by atoms with E-state index in [0.717, 1.165) is 18.4 Å². The van der Waals surface area contributed by atoms with Crippen LogP contribution in [-0.4, -0.2) is 16.9 Å². The molecule has 0 radical (unpaired) electrons. The Morgan fingerprint density at radius 3 is 2.43 bits per heavy atom. The Balaban J connectivity index is 1.71. The fraction of sp³-hybridized carbons (Fsp3) is 0.474. The SMILES string of the molecule is Cc1oc(-c2ccccc2)nc1C(=O)NC1CCCCCCC1. The van der Waals surface area contributed by atoms with Gasteiger partial charge in [-0.2, -0.15) is 0 Å². The highest BCUT2D eigenvalue weighted by molar-refractivity contribution is 5.93. The van der Waals surface area contributed by atoms with Crippen molar-refractivity contribution in [2.45, 2.75) is 57.9 Å². The monoisotopic (exact) mass is 312 g/mol. The van der Waals surface area contributed by atoms with E-state index in [9.17, 15) is 4.79 Å². The second-order valence-corrected chi connectivity index (χ2v) is 6.31. The summed E-state index contributed by atoms with van der Waals surface area (Å²) < 4.78 is 5.68. The summed E-state index contributed by atoms with van der Waals surface area (Å²) in [4.78, 5) is 17.0. The van der Waals surface area contributed by atoms with Crippen LogP contribution < -0.4 is 5.32 Å². The topological polar surface area (TPSA) is 55.1 Å². The number of benzene rings is 1. The van der Waals surface area contributed by atoms with Crippen molar-refractivity contribution in [3.05, 3.63) is 41.8 Å².